The summed E-state index contributed by atoms with van der Waals surface area (Å²) in [4.78, 5) is 25.2. The Labute approximate surface area is 152 Å². The number of hydrogen-bond donors (Lipinski definition) is 1. The van der Waals surface area contributed by atoms with E-state index in [1.165, 1.54) is 18.2 Å². The van der Waals surface area contributed by atoms with Gasteiger partial charge in [0.15, 0.2) is 0 Å². The number of ether oxygens (including phenoxy) is 2. The quantitative estimate of drug-likeness (QED) is 0.679. The number of benzene rings is 2. The van der Waals surface area contributed by atoms with E-state index < -0.39 is 11.8 Å². The predicted octanol–water partition coefficient (Wildman–Crippen LogP) is 2.78. The first kappa shape index (κ1) is 17.5. The van der Waals surface area contributed by atoms with Crippen molar-refractivity contribution in [2.24, 2.45) is 0 Å². The van der Waals surface area contributed by atoms with Crippen molar-refractivity contribution in [3.63, 3.8) is 0 Å². The van der Waals surface area contributed by atoms with Gasteiger partial charge >= 0.3 is 0 Å². The molecule has 0 bridgehead atoms. The predicted molar refractivity (Wildman–Crippen MR) is 99.1 cm³/mol. The van der Waals surface area contributed by atoms with E-state index >= 15 is 0 Å². The van der Waals surface area contributed by atoms with Gasteiger partial charge in [-0.25, -0.2) is 5.01 Å². The normalized spacial score (nSPS) is 15.4. The van der Waals surface area contributed by atoms with Gasteiger partial charge in [0.25, 0.3) is 11.8 Å². The molecule has 0 spiro atoms. The first-order valence-electron chi connectivity index (χ1n) is 8.11. The van der Waals surface area contributed by atoms with E-state index in [9.17, 15) is 9.59 Å². The molecule has 1 aliphatic rings. The van der Waals surface area contributed by atoms with Gasteiger partial charge in [0, 0.05) is 11.6 Å². The molecule has 0 unspecified atom stereocenters. The number of anilines is 1. The van der Waals surface area contributed by atoms with Crippen LogP contribution in [0.2, 0.25) is 0 Å². The number of amides is 2. The first-order valence-corrected chi connectivity index (χ1v) is 8.11. The van der Waals surface area contributed by atoms with E-state index in [-0.39, 0.29) is 5.57 Å². The van der Waals surface area contributed by atoms with Crippen molar-refractivity contribution in [3.05, 3.63) is 58.7 Å². The lowest BCUT2D eigenvalue weighted by atomic mass is 10.1. The Bertz CT molecular complexity index is 918. The molecule has 6 heteroatoms. The highest BCUT2D eigenvalue weighted by Crippen LogP contribution is 2.29. The third-order valence-corrected chi connectivity index (χ3v) is 4.23. The Kier molecular flexibility index (Phi) is 4.67. The molecule has 6 nitrogen and oxygen atoms in total. The summed E-state index contributed by atoms with van der Waals surface area (Å²) in [6, 6.07) is 10.9. The second-order valence-corrected chi connectivity index (χ2v) is 6.04. The molecule has 2 aromatic carbocycles. The van der Waals surface area contributed by atoms with E-state index in [1.807, 2.05) is 32.0 Å². The molecule has 26 heavy (non-hydrogen) atoms. The van der Waals surface area contributed by atoms with Gasteiger partial charge in [0.2, 0.25) is 0 Å². The van der Waals surface area contributed by atoms with E-state index in [0.29, 0.717) is 22.7 Å². The molecule has 1 N–H and O–H groups in total. The molecular weight excluding hydrogens is 332 g/mol. The zero-order valence-electron chi connectivity index (χ0n) is 15.1. The smallest absolute Gasteiger partial charge is 0.282 e. The highest BCUT2D eigenvalue weighted by atomic mass is 16.5. The average Bonchev–Trinajstić information content (AvgIpc) is 2.90. The minimum absolute atomic E-state index is 0.0495. The van der Waals surface area contributed by atoms with Gasteiger partial charge in [-0.2, -0.15) is 0 Å². The Morgan fingerprint density at radius 2 is 1.77 bits per heavy atom. The molecule has 1 saturated heterocycles. The third kappa shape index (κ3) is 3.13. The van der Waals surface area contributed by atoms with Crippen LogP contribution in [0, 0.1) is 13.8 Å². The summed E-state index contributed by atoms with van der Waals surface area (Å²) in [5, 5.41) is 1.28. The Hall–Kier alpha value is -3.28. The number of methoxy groups -OCH3 is 2. The van der Waals surface area contributed by atoms with Crippen LogP contribution in [0.1, 0.15) is 16.7 Å². The average molecular weight is 352 g/mol. The molecular formula is C20H20N2O4. The van der Waals surface area contributed by atoms with Crippen LogP contribution in [0.15, 0.2) is 42.0 Å². The van der Waals surface area contributed by atoms with Gasteiger partial charge in [0.1, 0.15) is 17.1 Å². The Balaban J connectivity index is 1.98. The van der Waals surface area contributed by atoms with E-state index in [2.05, 4.69) is 5.43 Å². The summed E-state index contributed by atoms with van der Waals surface area (Å²) in [6.07, 6.45) is 1.53. The number of hydrazine groups is 1. The van der Waals surface area contributed by atoms with Crippen molar-refractivity contribution in [3.8, 4) is 11.5 Å². The standard InChI is InChI=1S/C20H20N2O4/c1-12-5-8-17(13(2)9-12)22-20(24)16(19(23)21-22)10-14-6-7-15(25-3)11-18(14)26-4/h5-11H,1-4H3,(H,21,23)/b16-10-. The monoisotopic (exact) mass is 352 g/mol. The Morgan fingerprint density at radius 1 is 1.00 bits per heavy atom. The van der Waals surface area contributed by atoms with Crippen LogP contribution in [0.25, 0.3) is 6.08 Å². The third-order valence-electron chi connectivity index (χ3n) is 4.23. The van der Waals surface area contributed by atoms with Gasteiger partial charge in [0.05, 0.1) is 19.9 Å². The molecule has 1 fully saturated rings. The van der Waals surface area contributed by atoms with Gasteiger partial charge in [-0.15, -0.1) is 0 Å². The highest BCUT2D eigenvalue weighted by molar-refractivity contribution is 6.31. The highest BCUT2D eigenvalue weighted by Gasteiger charge is 2.35. The molecule has 2 aromatic rings. The molecule has 134 valence electrons. The summed E-state index contributed by atoms with van der Waals surface area (Å²) < 4.78 is 10.5. The number of nitrogens with zero attached hydrogens (tertiary/aromatic N) is 1. The maximum absolute atomic E-state index is 12.8. The first-order chi connectivity index (χ1) is 12.4. The second-order valence-electron chi connectivity index (χ2n) is 6.04. The van der Waals surface area contributed by atoms with Crippen LogP contribution in [0.3, 0.4) is 0 Å². The lowest BCUT2D eigenvalue weighted by molar-refractivity contribution is -0.117. The number of nitrogens with one attached hydrogen (secondary N) is 1. The number of rotatable bonds is 4. The summed E-state index contributed by atoms with van der Waals surface area (Å²) in [6.45, 7) is 3.87. The fourth-order valence-corrected chi connectivity index (χ4v) is 2.88. The maximum Gasteiger partial charge on any atom is 0.282 e. The van der Waals surface area contributed by atoms with Crippen LogP contribution >= 0.6 is 0 Å². The van der Waals surface area contributed by atoms with Crippen LogP contribution in [-0.4, -0.2) is 26.0 Å². The zero-order chi connectivity index (χ0) is 18.8. The largest absolute Gasteiger partial charge is 0.497 e. The molecule has 0 aromatic heterocycles. The number of aryl methyl sites for hydroxylation is 2. The molecule has 0 saturated carbocycles. The van der Waals surface area contributed by atoms with Crippen LogP contribution < -0.4 is 19.9 Å². The summed E-state index contributed by atoms with van der Waals surface area (Å²) in [5.74, 6) is 0.290. The van der Waals surface area contributed by atoms with E-state index in [1.54, 1.807) is 25.3 Å². The second kappa shape index (κ2) is 6.92. The molecule has 0 aliphatic carbocycles. The maximum atomic E-state index is 12.8. The topological polar surface area (TPSA) is 67.9 Å². The minimum Gasteiger partial charge on any atom is -0.497 e. The van der Waals surface area contributed by atoms with E-state index in [4.69, 9.17) is 9.47 Å². The SMILES string of the molecule is COc1ccc(/C=C2/C(=O)NN(c3ccc(C)cc3C)C2=O)c(OC)c1. The summed E-state index contributed by atoms with van der Waals surface area (Å²) in [5.41, 5.74) is 5.93. The van der Waals surface area contributed by atoms with Crippen LogP contribution in [0.4, 0.5) is 5.69 Å². The fourth-order valence-electron chi connectivity index (χ4n) is 2.88. The van der Waals surface area contributed by atoms with Crippen molar-refractivity contribution in [2.75, 3.05) is 19.2 Å². The van der Waals surface area contributed by atoms with Crippen molar-refractivity contribution >= 4 is 23.6 Å². The lowest BCUT2D eigenvalue weighted by Crippen LogP contribution is -2.36. The molecule has 0 radical (unpaired) electrons. The van der Waals surface area contributed by atoms with Gasteiger partial charge < -0.3 is 9.47 Å². The molecule has 3 rings (SSSR count). The number of carbonyl (C=O) groups is 2. The van der Waals surface area contributed by atoms with Gasteiger partial charge in [-0.05, 0) is 43.7 Å². The Morgan fingerprint density at radius 3 is 2.42 bits per heavy atom. The molecule has 1 aliphatic heterocycles. The van der Waals surface area contributed by atoms with Crippen molar-refractivity contribution < 1.29 is 19.1 Å². The molecule has 0 atom stereocenters. The van der Waals surface area contributed by atoms with Gasteiger partial charge in [-0.1, -0.05) is 17.7 Å². The number of carbonyl (C=O) groups excluding carboxylic acids is 2. The fraction of sp³-hybridized carbons (Fsp3) is 0.200. The molecule has 1 heterocycles. The van der Waals surface area contributed by atoms with Crippen molar-refractivity contribution in [1.29, 1.82) is 0 Å². The summed E-state index contributed by atoms with van der Waals surface area (Å²) >= 11 is 0. The number of hydrogen-bond acceptors (Lipinski definition) is 4. The molecule has 2 amide bonds. The lowest BCUT2D eigenvalue weighted by Gasteiger charge is -2.17. The van der Waals surface area contributed by atoms with Crippen molar-refractivity contribution in [2.45, 2.75) is 13.8 Å². The summed E-state index contributed by atoms with van der Waals surface area (Å²) in [7, 11) is 3.08. The van der Waals surface area contributed by atoms with Crippen LogP contribution in [-0.2, 0) is 9.59 Å². The van der Waals surface area contributed by atoms with Crippen LogP contribution in [0.5, 0.6) is 11.5 Å². The van der Waals surface area contributed by atoms with E-state index in [0.717, 1.165) is 11.1 Å². The minimum atomic E-state index is -0.451. The zero-order valence-corrected chi connectivity index (χ0v) is 15.1. The van der Waals surface area contributed by atoms with Gasteiger partial charge in [-0.3, -0.25) is 15.0 Å². The van der Waals surface area contributed by atoms with Crippen molar-refractivity contribution in [1.82, 2.24) is 5.43 Å².